The highest BCUT2D eigenvalue weighted by molar-refractivity contribution is 7.93. The predicted molar refractivity (Wildman–Crippen MR) is 113 cm³/mol. The molecule has 1 atom stereocenters. The van der Waals surface area contributed by atoms with Crippen LogP contribution in [-0.4, -0.2) is 40.5 Å². The molecule has 2 heterocycles. The second-order valence-corrected chi connectivity index (χ2v) is 9.71. The van der Waals surface area contributed by atoms with E-state index in [1.54, 1.807) is 30.3 Å². The Bertz CT molecular complexity index is 1170. The zero-order valence-corrected chi connectivity index (χ0v) is 17.3. The number of pyridine rings is 1. The smallest absolute Gasteiger partial charge is 0.277 e. The fourth-order valence-corrected chi connectivity index (χ4v) is 4.25. The molecule has 2 aliphatic rings. The van der Waals surface area contributed by atoms with Gasteiger partial charge in [0, 0.05) is 31.7 Å². The van der Waals surface area contributed by atoms with E-state index >= 15 is 0 Å². The Morgan fingerprint density at radius 1 is 1.27 bits per heavy atom. The van der Waals surface area contributed by atoms with Gasteiger partial charge in [-0.1, -0.05) is 12.1 Å². The monoisotopic (exact) mass is 433 g/mol. The van der Waals surface area contributed by atoms with Gasteiger partial charge in [0.15, 0.2) is 0 Å². The van der Waals surface area contributed by atoms with E-state index in [1.165, 1.54) is 13.3 Å². The number of hydrogen-bond donors (Lipinski definition) is 2. The lowest BCUT2D eigenvalue weighted by Gasteiger charge is -2.16. The van der Waals surface area contributed by atoms with Gasteiger partial charge in [0.2, 0.25) is 5.91 Å². The van der Waals surface area contributed by atoms with Crippen LogP contribution in [0.3, 0.4) is 0 Å². The molecule has 158 valence electrons. The van der Waals surface area contributed by atoms with Crippen molar-refractivity contribution in [3.05, 3.63) is 36.0 Å². The molecule has 0 saturated heterocycles. The zero-order valence-electron chi connectivity index (χ0n) is 16.5. The van der Waals surface area contributed by atoms with Gasteiger partial charge < -0.3 is 10.6 Å². The third-order valence-electron chi connectivity index (χ3n) is 5.03. The van der Waals surface area contributed by atoms with Crippen molar-refractivity contribution in [2.45, 2.75) is 30.6 Å². The van der Waals surface area contributed by atoms with Gasteiger partial charge in [-0.15, -0.1) is 0 Å². The van der Waals surface area contributed by atoms with Crippen LogP contribution in [-0.2, 0) is 20.9 Å². The second kappa shape index (κ2) is 7.75. The molecule has 2 aromatic rings. The number of rotatable bonds is 6. The summed E-state index contributed by atoms with van der Waals surface area (Å²) in [5.74, 6) is 0.109. The number of nitrogens with zero attached hydrogens (tertiary/aromatic N) is 3. The van der Waals surface area contributed by atoms with Crippen LogP contribution in [0.15, 0.2) is 44.6 Å². The van der Waals surface area contributed by atoms with Crippen LogP contribution in [0, 0.1) is 5.92 Å². The van der Waals surface area contributed by atoms with E-state index in [-0.39, 0.29) is 29.8 Å². The SMILES string of the molecule is CN=S(C)(=O)c1ccccc1Nc1cc(NC(=O)C2CC2)nc2c1N=C(C(F)F)C2. The summed E-state index contributed by atoms with van der Waals surface area (Å²) < 4.78 is 43.3. The molecule has 1 aromatic carbocycles. The molecular weight excluding hydrogens is 412 g/mol. The number of aromatic nitrogens is 1. The number of hydrogen-bond acceptors (Lipinski definition) is 6. The molecule has 1 amide bonds. The minimum atomic E-state index is -2.70. The minimum absolute atomic E-state index is 0.0269. The van der Waals surface area contributed by atoms with Crippen molar-refractivity contribution in [2.24, 2.45) is 15.3 Å². The van der Waals surface area contributed by atoms with Crippen molar-refractivity contribution in [1.82, 2.24) is 4.98 Å². The highest BCUT2D eigenvalue weighted by atomic mass is 32.2. The van der Waals surface area contributed by atoms with Gasteiger partial charge in [-0.3, -0.25) is 4.79 Å². The van der Waals surface area contributed by atoms with E-state index in [2.05, 4.69) is 25.0 Å². The molecule has 2 N–H and O–H groups in total. The topological polar surface area (TPSA) is 95.8 Å². The number of fused-ring (bicyclic) bond motifs is 1. The van der Waals surface area contributed by atoms with Gasteiger partial charge in [0.05, 0.1) is 37.4 Å². The third-order valence-corrected chi connectivity index (χ3v) is 6.90. The molecule has 1 aromatic heterocycles. The number of para-hydroxylation sites is 1. The number of carbonyl (C=O) groups excluding carboxylic acids is 1. The molecule has 4 rings (SSSR count). The maximum absolute atomic E-state index is 13.3. The van der Waals surface area contributed by atoms with Crippen LogP contribution in [0.2, 0.25) is 0 Å². The molecule has 0 bridgehead atoms. The third kappa shape index (κ3) is 4.04. The molecule has 1 aliphatic carbocycles. The first-order valence-corrected chi connectivity index (χ1v) is 11.4. The lowest BCUT2D eigenvalue weighted by atomic mass is 10.2. The van der Waals surface area contributed by atoms with Crippen molar-refractivity contribution in [3.8, 4) is 0 Å². The van der Waals surface area contributed by atoms with E-state index in [0.717, 1.165) is 12.8 Å². The lowest BCUT2D eigenvalue weighted by molar-refractivity contribution is -0.117. The van der Waals surface area contributed by atoms with E-state index in [0.29, 0.717) is 27.7 Å². The molecular formula is C20H21F2N5O2S. The Morgan fingerprint density at radius 3 is 2.67 bits per heavy atom. The number of benzene rings is 1. The summed E-state index contributed by atoms with van der Waals surface area (Å²) in [6.07, 6.45) is 0.403. The quantitative estimate of drug-likeness (QED) is 0.715. The fraction of sp³-hybridized carbons (Fsp3) is 0.350. The molecule has 7 nitrogen and oxygen atoms in total. The van der Waals surface area contributed by atoms with E-state index in [1.807, 2.05) is 0 Å². The Labute approximate surface area is 173 Å². The summed E-state index contributed by atoms with van der Waals surface area (Å²) in [4.78, 5) is 21.0. The molecule has 30 heavy (non-hydrogen) atoms. The number of carbonyl (C=O) groups is 1. The summed E-state index contributed by atoms with van der Waals surface area (Å²) >= 11 is 0. The van der Waals surface area contributed by atoms with Crippen LogP contribution in [0.25, 0.3) is 0 Å². The summed E-state index contributed by atoms with van der Waals surface area (Å²) in [5.41, 5.74) is 1.30. The molecule has 10 heteroatoms. The number of aliphatic imine (C=N–C) groups is 1. The number of alkyl halides is 2. The first-order chi connectivity index (χ1) is 14.3. The Hall–Kier alpha value is -2.88. The van der Waals surface area contributed by atoms with Gasteiger partial charge in [-0.2, -0.15) is 0 Å². The first-order valence-electron chi connectivity index (χ1n) is 9.45. The standard InChI is InChI=1S/C20H21F2N5O2S/c1-23-30(2,29)16-6-4-3-5-12(16)24-14-10-17(27-20(28)11-7-8-11)25-13-9-15(19(21)22)26-18(13)14/h3-6,10-11,19H,7-9H2,1-2H3,(H2,24,25,27,28). The van der Waals surface area contributed by atoms with Crippen LogP contribution >= 0.6 is 0 Å². The lowest BCUT2D eigenvalue weighted by Crippen LogP contribution is -2.15. The number of anilines is 3. The fourth-order valence-electron chi connectivity index (χ4n) is 3.20. The number of amides is 1. The van der Waals surface area contributed by atoms with Crippen LogP contribution in [0.1, 0.15) is 18.5 Å². The molecule has 1 fully saturated rings. The average molecular weight is 433 g/mol. The van der Waals surface area contributed by atoms with Gasteiger partial charge in [-0.05, 0) is 25.0 Å². The Kier molecular flexibility index (Phi) is 5.27. The summed E-state index contributed by atoms with van der Waals surface area (Å²) in [5, 5.41) is 5.91. The zero-order chi connectivity index (χ0) is 21.5. The summed E-state index contributed by atoms with van der Waals surface area (Å²) in [6, 6.07) is 8.50. The van der Waals surface area contributed by atoms with Crippen LogP contribution in [0.5, 0.6) is 0 Å². The summed E-state index contributed by atoms with van der Waals surface area (Å²) in [7, 11) is -1.17. The minimum Gasteiger partial charge on any atom is -0.353 e. The van der Waals surface area contributed by atoms with E-state index < -0.39 is 16.2 Å². The van der Waals surface area contributed by atoms with Gasteiger partial charge in [0.1, 0.15) is 11.5 Å². The Balaban J connectivity index is 1.76. The Morgan fingerprint density at radius 2 is 2.00 bits per heavy atom. The second-order valence-electron chi connectivity index (χ2n) is 7.30. The molecule has 0 spiro atoms. The largest absolute Gasteiger partial charge is 0.353 e. The van der Waals surface area contributed by atoms with Crippen molar-refractivity contribution < 1.29 is 17.8 Å². The van der Waals surface area contributed by atoms with Gasteiger partial charge in [0.25, 0.3) is 6.43 Å². The molecule has 1 saturated carbocycles. The first kappa shape index (κ1) is 20.4. The van der Waals surface area contributed by atoms with Crippen molar-refractivity contribution in [1.29, 1.82) is 0 Å². The maximum atomic E-state index is 13.3. The highest BCUT2D eigenvalue weighted by Crippen LogP contribution is 2.39. The van der Waals surface area contributed by atoms with E-state index in [4.69, 9.17) is 0 Å². The van der Waals surface area contributed by atoms with Crippen LogP contribution in [0.4, 0.5) is 31.7 Å². The van der Waals surface area contributed by atoms with Crippen molar-refractivity contribution >= 4 is 44.2 Å². The van der Waals surface area contributed by atoms with Gasteiger partial charge in [-0.25, -0.2) is 27.3 Å². The maximum Gasteiger partial charge on any atom is 0.277 e. The molecule has 1 aliphatic heterocycles. The van der Waals surface area contributed by atoms with Crippen molar-refractivity contribution in [2.75, 3.05) is 23.9 Å². The summed E-state index contributed by atoms with van der Waals surface area (Å²) in [6.45, 7) is 0. The molecule has 1 unspecified atom stereocenters. The molecule has 0 radical (unpaired) electrons. The number of nitrogens with one attached hydrogen (secondary N) is 2. The average Bonchev–Trinajstić information content (AvgIpc) is 3.47. The normalized spacial score (nSPS) is 17.2. The highest BCUT2D eigenvalue weighted by Gasteiger charge is 2.31. The predicted octanol–water partition coefficient (Wildman–Crippen LogP) is 4.15. The van der Waals surface area contributed by atoms with E-state index in [9.17, 15) is 17.8 Å². The van der Waals surface area contributed by atoms with Crippen molar-refractivity contribution in [3.63, 3.8) is 0 Å². The van der Waals surface area contributed by atoms with Gasteiger partial charge >= 0.3 is 0 Å². The van der Waals surface area contributed by atoms with Crippen LogP contribution < -0.4 is 10.6 Å². The number of halogens is 2.